The summed E-state index contributed by atoms with van der Waals surface area (Å²) >= 11 is 0. The highest BCUT2D eigenvalue weighted by molar-refractivity contribution is 5.79. The van der Waals surface area contributed by atoms with E-state index in [4.69, 9.17) is 9.47 Å². The molecule has 0 amide bonds. The molecule has 1 heterocycles. The summed E-state index contributed by atoms with van der Waals surface area (Å²) in [7, 11) is 1.37. The average molecular weight is 243 g/mol. The minimum Gasteiger partial charge on any atom is -0.469 e. The summed E-state index contributed by atoms with van der Waals surface area (Å²) in [6.45, 7) is 6.10. The molecule has 98 valence electrons. The number of ether oxygens (including phenoxy) is 2. The first-order chi connectivity index (χ1) is 7.83. The van der Waals surface area contributed by atoms with Gasteiger partial charge in [-0.15, -0.1) is 0 Å². The van der Waals surface area contributed by atoms with Gasteiger partial charge in [0.2, 0.25) is 0 Å². The lowest BCUT2D eigenvalue weighted by Gasteiger charge is -2.30. The number of hydrogen-bond donors (Lipinski definition) is 1. The van der Waals surface area contributed by atoms with Crippen LogP contribution in [0, 0.1) is 5.92 Å². The summed E-state index contributed by atoms with van der Waals surface area (Å²) in [5, 5.41) is 3.07. The molecule has 0 aromatic heterocycles. The smallest absolute Gasteiger partial charge is 0.323 e. The van der Waals surface area contributed by atoms with E-state index in [1.165, 1.54) is 7.11 Å². The molecule has 1 aliphatic heterocycles. The molecule has 2 atom stereocenters. The van der Waals surface area contributed by atoms with Gasteiger partial charge in [-0.1, -0.05) is 0 Å². The maximum Gasteiger partial charge on any atom is 0.323 e. The summed E-state index contributed by atoms with van der Waals surface area (Å²) in [6.07, 6.45) is 1.15. The third-order valence-electron chi connectivity index (χ3n) is 2.63. The Morgan fingerprint density at radius 2 is 1.88 bits per heavy atom. The Bertz CT molecular complexity index is 295. The van der Waals surface area contributed by atoms with Gasteiger partial charge < -0.3 is 14.8 Å². The van der Waals surface area contributed by atoms with Gasteiger partial charge in [-0.25, -0.2) is 0 Å². The highest BCUT2D eigenvalue weighted by Gasteiger charge is 2.33. The molecule has 1 aliphatic rings. The van der Waals surface area contributed by atoms with Gasteiger partial charge in [0, 0.05) is 0 Å². The number of piperidine rings is 1. The summed E-state index contributed by atoms with van der Waals surface area (Å²) in [6, 6.07) is -0.410. The minimum atomic E-state index is -0.503. The van der Waals surface area contributed by atoms with Gasteiger partial charge in [-0.3, -0.25) is 9.59 Å². The molecule has 17 heavy (non-hydrogen) atoms. The van der Waals surface area contributed by atoms with Gasteiger partial charge >= 0.3 is 11.9 Å². The first-order valence-corrected chi connectivity index (χ1v) is 5.87. The zero-order valence-electron chi connectivity index (χ0n) is 10.9. The van der Waals surface area contributed by atoms with Crippen LogP contribution in [0.25, 0.3) is 0 Å². The van der Waals surface area contributed by atoms with Crippen LogP contribution in [0.1, 0.15) is 33.6 Å². The van der Waals surface area contributed by atoms with E-state index in [2.05, 4.69) is 5.32 Å². The van der Waals surface area contributed by atoms with E-state index in [0.717, 1.165) is 0 Å². The van der Waals surface area contributed by atoms with Crippen molar-refractivity contribution in [3.05, 3.63) is 0 Å². The van der Waals surface area contributed by atoms with E-state index in [0.29, 0.717) is 19.4 Å². The van der Waals surface area contributed by atoms with Crippen molar-refractivity contribution in [2.24, 2.45) is 5.92 Å². The fourth-order valence-corrected chi connectivity index (χ4v) is 1.85. The van der Waals surface area contributed by atoms with Crippen LogP contribution in [-0.2, 0) is 19.1 Å². The molecule has 0 spiro atoms. The number of methoxy groups -OCH3 is 1. The average Bonchev–Trinajstić information content (AvgIpc) is 2.26. The van der Waals surface area contributed by atoms with Gasteiger partial charge in [-0.05, 0) is 40.2 Å². The number of hydrogen-bond acceptors (Lipinski definition) is 5. The first-order valence-electron chi connectivity index (χ1n) is 5.87. The van der Waals surface area contributed by atoms with Gasteiger partial charge in [-0.2, -0.15) is 0 Å². The van der Waals surface area contributed by atoms with Crippen LogP contribution in [0.4, 0.5) is 0 Å². The normalized spacial score (nSPS) is 25.2. The van der Waals surface area contributed by atoms with Crippen molar-refractivity contribution in [1.82, 2.24) is 5.32 Å². The second kappa shape index (κ2) is 5.49. The van der Waals surface area contributed by atoms with E-state index < -0.39 is 11.6 Å². The Hall–Kier alpha value is -1.10. The van der Waals surface area contributed by atoms with Crippen LogP contribution in [-0.4, -0.2) is 37.2 Å². The molecule has 0 aromatic carbocycles. The second-order valence-electron chi connectivity index (χ2n) is 5.28. The van der Waals surface area contributed by atoms with E-state index in [1.807, 2.05) is 20.8 Å². The first kappa shape index (κ1) is 14.0. The van der Waals surface area contributed by atoms with Crippen molar-refractivity contribution in [2.75, 3.05) is 13.7 Å². The molecule has 0 unspecified atom stereocenters. The van der Waals surface area contributed by atoms with Gasteiger partial charge in [0.1, 0.15) is 11.6 Å². The summed E-state index contributed by atoms with van der Waals surface area (Å²) in [4.78, 5) is 23.3. The van der Waals surface area contributed by atoms with Crippen LogP contribution in [0.15, 0.2) is 0 Å². The van der Waals surface area contributed by atoms with E-state index >= 15 is 0 Å². The SMILES string of the molecule is COC(=O)[C@@H]1CCN[C@@H](C(=O)OC(C)(C)C)C1. The third kappa shape index (κ3) is 4.34. The molecule has 0 aromatic rings. The van der Waals surface area contributed by atoms with Crippen molar-refractivity contribution < 1.29 is 19.1 Å². The fourth-order valence-electron chi connectivity index (χ4n) is 1.85. The summed E-state index contributed by atoms with van der Waals surface area (Å²) in [5.41, 5.74) is -0.503. The Balaban J connectivity index is 2.55. The van der Waals surface area contributed by atoms with Crippen molar-refractivity contribution >= 4 is 11.9 Å². The van der Waals surface area contributed by atoms with Gasteiger partial charge in [0.15, 0.2) is 0 Å². The predicted octanol–water partition coefficient (Wildman–Crippen LogP) is 0.869. The van der Waals surface area contributed by atoms with Crippen LogP contribution < -0.4 is 5.32 Å². The van der Waals surface area contributed by atoms with Crippen molar-refractivity contribution in [1.29, 1.82) is 0 Å². The lowest BCUT2D eigenvalue weighted by molar-refractivity contribution is -0.159. The summed E-state index contributed by atoms with van der Waals surface area (Å²) in [5.74, 6) is -0.759. The molecule has 1 N–H and O–H groups in total. The molecule has 0 radical (unpaired) electrons. The molecule has 1 saturated heterocycles. The molecule has 1 fully saturated rings. The zero-order chi connectivity index (χ0) is 13.1. The quantitative estimate of drug-likeness (QED) is 0.729. The van der Waals surface area contributed by atoms with Gasteiger partial charge in [0.25, 0.3) is 0 Å². The molecule has 0 bridgehead atoms. The number of carbonyl (C=O) groups is 2. The molecule has 0 saturated carbocycles. The standard InChI is InChI=1S/C12H21NO4/c1-12(2,3)17-11(15)9-7-8(5-6-13-9)10(14)16-4/h8-9,13H,5-7H2,1-4H3/t8-,9-/m1/s1. The molecule has 0 aliphatic carbocycles. The largest absolute Gasteiger partial charge is 0.469 e. The maximum atomic E-state index is 11.8. The van der Waals surface area contributed by atoms with Crippen molar-refractivity contribution in [3.63, 3.8) is 0 Å². The highest BCUT2D eigenvalue weighted by Crippen LogP contribution is 2.20. The number of esters is 2. The lowest BCUT2D eigenvalue weighted by atomic mass is 9.92. The number of carbonyl (C=O) groups excluding carboxylic acids is 2. The van der Waals surface area contributed by atoms with E-state index in [9.17, 15) is 9.59 Å². The van der Waals surface area contributed by atoms with Crippen LogP contribution in [0.5, 0.6) is 0 Å². The lowest BCUT2D eigenvalue weighted by Crippen LogP contribution is -2.47. The van der Waals surface area contributed by atoms with Crippen LogP contribution in [0.2, 0.25) is 0 Å². The Morgan fingerprint density at radius 3 is 2.41 bits per heavy atom. The van der Waals surface area contributed by atoms with Crippen LogP contribution >= 0.6 is 0 Å². The van der Waals surface area contributed by atoms with Gasteiger partial charge in [0.05, 0.1) is 13.0 Å². The zero-order valence-corrected chi connectivity index (χ0v) is 10.9. The maximum absolute atomic E-state index is 11.8. The van der Waals surface area contributed by atoms with Crippen LogP contribution in [0.3, 0.4) is 0 Å². The predicted molar refractivity (Wildman–Crippen MR) is 62.4 cm³/mol. The molecular formula is C12H21NO4. The molecule has 5 heteroatoms. The topological polar surface area (TPSA) is 64.6 Å². The molecular weight excluding hydrogens is 222 g/mol. The Morgan fingerprint density at radius 1 is 1.24 bits per heavy atom. The van der Waals surface area contributed by atoms with E-state index in [-0.39, 0.29) is 17.9 Å². The minimum absolute atomic E-state index is 0.209. The van der Waals surface area contributed by atoms with E-state index in [1.54, 1.807) is 0 Å². The van der Waals surface area contributed by atoms with Crippen molar-refractivity contribution in [3.8, 4) is 0 Å². The summed E-state index contributed by atoms with van der Waals surface area (Å²) < 4.78 is 9.99. The second-order valence-corrected chi connectivity index (χ2v) is 5.28. The Kier molecular flexibility index (Phi) is 4.51. The molecule has 1 rings (SSSR count). The Labute approximate surface area is 102 Å². The fraction of sp³-hybridized carbons (Fsp3) is 0.833. The highest BCUT2D eigenvalue weighted by atomic mass is 16.6. The van der Waals surface area contributed by atoms with Crippen molar-refractivity contribution in [2.45, 2.75) is 45.3 Å². The third-order valence-corrected chi connectivity index (χ3v) is 2.63. The monoisotopic (exact) mass is 243 g/mol. The molecule has 5 nitrogen and oxygen atoms in total. The number of rotatable bonds is 2. The number of nitrogens with one attached hydrogen (secondary N) is 1.